The van der Waals surface area contributed by atoms with Crippen LogP contribution >= 0.6 is 12.6 Å². The molecule has 0 radical (unpaired) electrons. The van der Waals surface area contributed by atoms with Crippen molar-refractivity contribution in [2.45, 2.75) is 56.3 Å². The number of nitrogens with one attached hydrogen (secondary N) is 4. The SMILES string of the molecule is NCCCCC(NC(=O)C(N)Cc1c[nH]c2ccccc12)C(=O)NC(CS)C(=O)NC(Cc1ccccc1)C(=O)O. The smallest absolute Gasteiger partial charge is 0.326 e. The first-order valence-electron chi connectivity index (χ1n) is 13.5. The second kappa shape index (κ2) is 15.8. The number of amides is 3. The number of H-pyrrole nitrogens is 1. The number of aromatic amines is 1. The minimum atomic E-state index is -1.21. The molecule has 12 heteroatoms. The lowest BCUT2D eigenvalue weighted by Gasteiger charge is -2.24. The number of hydrogen-bond donors (Lipinski definition) is 8. The van der Waals surface area contributed by atoms with Gasteiger partial charge in [-0.2, -0.15) is 12.6 Å². The van der Waals surface area contributed by atoms with Crippen LogP contribution in [-0.2, 0) is 32.0 Å². The highest BCUT2D eigenvalue weighted by Crippen LogP contribution is 2.19. The maximum atomic E-state index is 13.2. The van der Waals surface area contributed by atoms with Crippen molar-refractivity contribution in [1.82, 2.24) is 20.9 Å². The summed E-state index contributed by atoms with van der Waals surface area (Å²) >= 11 is 4.19. The van der Waals surface area contributed by atoms with Crippen molar-refractivity contribution in [2.75, 3.05) is 12.3 Å². The standard InChI is InChI=1S/C29H38N6O5S/c30-13-7-6-12-23(33-26(36)21(31)15-19-16-32-22-11-5-4-10-20(19)22)27(37)35-25(17-41)28(38)34-24(29(39)40)14-18-8-2-1-3-9-18/h1-5,8-11,16,21,23-25,32,41H,6-7,12-15,17,30-31H2,(H,33,36)(H,34,38)(H,35,37)(H,39,40). The van der Waals surface area contributed by atoms with Gasteiger partial charge >= 0.3 is 5.97 Å². The van der Waals surface area contributed by atoms with Gasteiger partial charge in [0.15, 0.2) is 0 Å². The van der Waals surface area contributed by atoms with Crippen molar-refractivity contribution in [3.8, 4) is 0 Å². The third kappa shape index (κ3) is 9.34. The van der Waals surface area contributed by atoms with E-state index in [4.69, 9.17) is 11.5 Å². The third-order valence-electron chi connectivity index (χ3n) is 6.74. The number of thiol groups is 1. The lowest BCUT2D eigenvalue weighted by atomic mass is 10.0. The van der Waals surface area contributed by atoms with Gasteiger partial charge in [-0.1, -0.05) is 48.5 Å². The second-order valence-electron chi connectivity index (χ2n) is 9.85. The molecule has 11 nitrogen and oxygen atoms in total. The summed E-state index contributed by atoms with van der Waals surface area (Å²) in [6.07, 6.45) is 3.61. The molecule has 3 aromatic rings. The molecule has 3 rings (SSSR count). The Morgan fingerprint density at radius 2 is 1.46 bits per heavy atom. The zero-order valence-corrected chi connectivity index (χ0v) is 23.6. The molecule has 41 heavy (non-hydrogen) atoms. The van der Waals surface area contributed by atoms with Crippen LogP contribution in [0.4, 0.5) is 0 Å². The first-order valence-corrected chi connectivity index (χ1v) is 14.2. The second-order valence-corrected chi connectivity index (χ2v) is 10.2. The predicted molar refractivity (Wildman–Crippen MR) is 160 cm³/mol. The monoisotopic (exact) mass is 582 g/mol. The molecule has 4 unspecified atom stereocenters. The van der Waals surface area contributed by atoms with Crippen molar-refractivity contribution in [2.24, 2.45) is 11.5 Å². The number of unbranched alkanes of at least 4 members (excludes halogenated alkanes) is 1. The maximum Gasteiger partial charge on any atom is 0.326 e. The van der Waals surface area contributed by atoms with E-state index in [0.717, 1.165) is 22.0 Å². The van der Waals surface area contributed by atoms with Gasteiger partial charge in [-0.05, 0) is 49.4 Å². The number of carboxylic acids is 1. The summed E-state index contributed by atoms with van der Waals surface area (Å²) in [5.74, 6) is -3.09. The van der Waals surface area contributed by atoms with E-state index in [2.05, 4.69) is 33.6 Å². The van der Waals surface area contributed by atoms with E-state index in [1.807, 2.05) is 30.3 Å². The van der Waals surface area contributed by atoms with Crippen LogP contribution in [0.5, 0.6) is 0 Å². The first kappa shape index (κ1) is 31.7. The molecule has 1 aromatic heterocycles. The van der Waals surface area contributed by atoms with Crippen LogP contribution in [0.25, 0.3) is 10.9 Å². The Hall–Kier alpha value is -3.87. The minimum absolute atomic E-state index is 0.0707. The minimum Gasteiger partial charge on any atom is -0.480 e. The summed E-state index contributed by atoms with van der Waals surface area (Å²) in [6.45, 7) is 0.419. The molecule has 0 saturated heterocycles. The van der Waals surface area contributed by atoms with Crippen LogP contribution in [0.3, 0.4) is 0 Å². The van der Waals surface area contributed by atoms with Gasteiger partial charge in [0.05, 0.1) is 6.04 Å². The van der Waals surface area contributed by atoms with E-state index in [9.17, 15) is 24.3 Å². The summed E-state index contributed by atoms with van der Waals surface area (Å²) in [6, 6.07) is 12.3. The summed E-state index contributed by atoms with van der Waals surface area (Å²) in [7, 11) is 0. The molecule has 9 N–H and O–H groups in total. The molecule has 0 spiro atoms. The Morgan fingerprint density at radius 1 is 0.829 bits per heavy atom. The van der Waals surface area contributed by atoms with Gasteiger partial charge in [0.2, 0.25) is 17.7 Å². The van der Waals surface area contributed by atoms with Gasteiger partial charge in [0.25, 0.3) is 0 Å². The summed E-state index contributed by atoms with van der Waals surface area (Å²) in [5, 5.41) is 18.4. The van der Waals surface area contributed by atoms with Gasteiger partial charge in [0.1, 0.15) is 18.1 Å². The number of carboxylic acid groups (broad SMARTS) is 1. The predicted octanol–water partition coefficient (Wildman–Crippen LogP) is 0.878. The van der Waals surface area contributed by atoms with Crippen LogP contribution in [0.1, 0.15) is 30.4 Å². The molecule has 1 heterocycles. The molecule has 0 aliphatic carbocycles. The van der Waals surface area contributed by atoms with E-state index < -0.39 is 47.9 Å². The van der Waals surface area contributed by atoms with Crippen LogP contribution in [0, 0.1) is 0 Å². The van der Waals surface area contributed by atoms with Crippen LogP contribution in [-0.4, -0.2) is 70.2 Å². The lowest BCUT2D eigenvalue weighted by molar-refractivity contribution is -0.142. The lowest BCUT2D eigenvalue weighted by Crippen LogP contribution is -2.58. The van der Waals surface area contributed by atoms with Gasteiger partial charge < -0.3 is 37.5 Å². The van der Waals surface area contributed by atoms with E-state index in [0.29, 0.717) is 19.4 Å². The number of carbonyl (C=O) groups excluding carboxylic acids is 3. The Labute approximate surface area is 244 Å². The number of nitrogens with two attached hydrogens (primary N) is 2. The summed E-state index contributed by atoms with van der Waals surface area (Å²) in [4.78, 5) is 54.2. The number of aromatic nitrogens is 1. The Bertz CT molecular complexity index is 1320. The van der Waals surface area contributed by atoms with Gasteiger partial charge in [-0.3, -0.25) is 14.4 Å². The average molecular weight is 583 g/mol. The fraction of sp³-hybridized carbons (Fsp3) is 0.379. The average Bonchev–Trinajstić information content (AvgIpc) is 3.37. The van der Waals surface area contributed by atoms with E-state index in [-0.39, 0.29) is 25.0 Å². The third-order valence-corrected chi connectivity index (χ3v) is 7.11. The molecule has 0 aliphatic rings. The van der Waals surface area contributed by atoms with Crippen molar-refractivity contribution in [3.63, 3.8) is 0 Å². The highest BCUT2D eigenvalue weighted by molar-refractivity contribution is 7.80. The summed E-state index contributed by atoms with van der Waals surface area (Å²) in [5.41, 5.74) is 14.4. The Morgan fingerprint density at radius 3 is 2.15 bits per heavy atom. The maximum absolute atomic E-state index is 13.2. The molecule has 0 bridgehead atoms. The number of aliphatic carboxylic acids is 1. The highest BCUT2D eigenvalue weighted by Gasteiger charge is 2.30. The topological polar surface area (TPSA) is 192 Å². The fourth-order valence-corrected chi connectivity index (χ4v) is 4.72. The van der Waals surface area contributed by atoms with Crippen molar-refractivity contribution in [1.29, 1.82) is 0 Å². The Kier molecular flexibility index (Phi) is 12.2. The van der Waals surface area contributed by atoms with Crippen molar-refractivity contribution in [3.05, 3.63) is 71.9 Å². The van der Waals surface area contributed by atoms with Crippen LogP contribution in [0.2, 0.25) is 0 Å². The zero-order chi connectivity index (χ0) is 29.8. The van der Waals surface area contributed by atoms with Crippen LogP contribution < -0.4 is 27.4 Å². The quantitative estimate of drug-likeness (QED) is 0.0907. The number of rotatable bonds is 16. The molecule has 2 aromatic carbocycles. The van der Waals surface area contributed by atoms with Gasteiger partial charge in [-0.15, -0.1) is 0 Å². The van der Waals surface area contributed by atoms with Gasteiger partial charge in [-0.25, -0.2) is 4.79 Å². The number of hydrogen-bond acceptors (Lipinski definition) is 7. The normalized spacial score (nSPS) is 14.0. The molecule has 220 valence electrons. The molecular weight excluding hydrogens is 544 g/mol. The number of para-hydroxylation sites is 1. The fourth-order valence-electron chi connectivity index (χ4n) is 4.46. The summed E-state index contributed by atoms with van der Waals surface area (Å²) < 4.78 is 0. The molecular formula is C29H38N6O5S. The molecule has 0 saturated carbocycles. The molecule has 0 aliphatic heterocycles. The van der Waals surface area contributed by atoms with Crippen molar-refractivity contribution < 1.29 is 24.3 Å². The van der Waals surface area contributed by atoms with E-state index in [1.165, 1.54) is 0 Å². The largest absolute Gasteiger partial charge is 0.480 e. The van der Waals surface area contributed by atoms with Crippen LogP contribution in [0.15, 0.2) is 60.8 Å². The highest BCUT2D eigenvalue weighted by atomic mass is 32.1. The van der Waals surface area contributed by atoms with Crippen molar-refractivity contribution >= 4 is 47.2 Å². The van der Waals surface area contributed by atoms with Gasteiger partial charge in [0, 0.05) is 29.3 Å². The first-order chi connectivity index (χ1) is 19.7. The van der Waals surface area contributed by atoms with E-state index >= 15 is 0 Å². The number of benzene rings is 2. The number of carbonyl (C=O) groups is 4. The zero-order valence-electron chi connectivity index (χ0n) is 22.7. The molecule has 4 atom stereocenters. The van der Waals surface area contributed by atoms with E-state index in [1.54, 1.807) is 30.5 Å². The molecule has 3 amide bonds. The Balaban J connectivity index is 1.64. The number of fused-ring (bicyclic) bond motifs is 1. The molecule has 0 fully saturated rings.